The van der Waals surface area contributed by atoms with Gasteiger partial charge in [-0.15, -0.1) is 0 Å². The molecule has 1 amide bonds. The maximum atomic E-state index is 12.1. The zero-order valence-electron chi connectivity index (χ0n) is 12.5. The maximum Gasteiger partial charge on any atom is 0.266 e. The Morgan fingerprint density at radius 2 is 2.27 bits per heavy atom. The van der Waals surface area contributed by atoms with Crippen molar-refractivity contribution in [3.63, 3.8) is 0 Å². The van der Waals surface area contributed by atoms with Crippen molar-refractivity contribution >= 4 is 17.7 Å². The lowest BCUT2D eigenvalue weighted by atomic mass is 10.1. The Kier molecular flexibility index (Phi) is 4.53. The molecule has 22 heavy (non-hydrogen) atoms. The van der Waals surface area contributed by atoms with Gasteiger partial charge in [0.2, 0.25) is 5.88 Å². The smallest absolute Gasteiger partial charge is 0.266 e. The van der Waals surface area contributed by atoms with Crippen LogP contribution in [0.1, 0.15) is 11.3 Å². The number of rotatable bonds is 4. The Bertz CT molecular complexity index is 753. The molecule has 0 aliphatic carbocycles. The van der Waals surface area contributed by atoms with E-state index >= 15 is 0 Å². The van der Waals surface area contributed by atoms with Crippen molar-refractivity contribution in [3.05, 3.63) is 41.4 Å². The molecule has 0 saturated carbocycles. The fourth-order valence-corrected chi connectivity index (χ4v) is 1.84. The van der Waals surface area contributed by atoms with Crippen LogP contribution in [-0.4, -0.2) is 27.8 Å². The summed E-state index contributed by atoms with van der Waals surface area (Å²) in [5.74, 6) is -0.0576. The highest BCUT2D eigenvalue weighted by Gasteiger charge is 2.11. The first kappa shape index (κ1) is 15.3. The summed E-state index contributed by atoms with van der Waals surface area (Å²) < 4.78 is 6.57. The summed E-state index contributed by atoms with van der Waals surface area (Å²) >= 11 is 0. The Hall–Kier alpha value is -3.14. The minimum atomic E-state index is -0.502. The van der Waals surface area contributed by atoms with Crippen LogP contribution in [0, 0.1) is 18.3 Å². The van der Waals surface area contributed by atoms with Gasteiger partial charge in [-0.05, 0) is 19.1 Å². The number of ether oxygens (including phenoxy) is 1. The third kappa shape index (κ3) is 3.49. The fourth-order valence-electron chi connectivity index (χ4n) is 1.84. The lowest BCUT2D eigenvalue weighted by Gasteiger charge is -2.04. The van der Waals surface area contributed by atoms with E-state index in [0.717, 1.165) is 11.3 Å². The minimum absolute atomic E-state index is 0.00748. The molecule has 0 spiro atoms. The van der Waals surface area contributed by atoms with Crippen molar-refractivity contribution < 1.29 is 9.53 Å². The average molecular weight is 297 g/mol. The lowest BCUT2D eigenvalue weighted by molar-refractivity contribution is -0.112. The molecule has 0 unspecified atom stereocenters. The molecule has 0 saturated heterocycles. The predicted octanol–water partition coefficient (Wildman–Crippen LogP) is 1.68. The summed E-state index contributed by atoms with van der Waals surface area (Å²) in [6.07, 6.45) is 4.71. The summed E-state index contributed by atoms with van der Waals surface area (Å²) in [7, 11) is 3.28. The summed E-state index contributed by atoms with van der Waals surface area (Å²) in [6.45, 7) is 1.81. The third-order valence-corrected chi connectivity index (χ3v) is 2.92. The van der Waals surface area contributed by atoms with Crippen molar-refractivity contribution in [2.75, 3.05) is 12.4 Å². The zero-order chi connectivity index (χ0) is 16.1. The Labute approximate surface area is 127 Å². The van der Waals surface area contributed by atoms with Crippen LogP contribution in [0.5, 0.6) is 5.88 Å². The standard InChI is InChI=1S/C15H15N5O2/c1-10-12(9-20(2)19-10)6-11(7-16)15(21)18-13-4-5-14(22-3)17-8-13/h4-6,8-9H,1-3H3,(H,18,21)/b11-6+. The van der Waals surface area contributed by atoms with Crippen molar-refractivity contribution in [3.8, 4) is 11.9 Å². The number of aryl methyl sites for hydroxylation is 2. The number of amides is 1. The van der Waals surface area contributed by atoms with E-state index in [2.05, 4.69) is 15.4 Å². The van der Waals surface area contributed by atoms with Gasteiger partial charge in [0.25, 0.3) is 5.91 Å². The molecule has 2 heterocycles. The SMILES string of the molecule is COc1ccc(NC(=O)/C(C#N)=C/c2cn(C)nc2C)cn1. The van der Waals surface area contributed by atoms with Crippen LogP contribution in [0.4, 0.5) is 5.69 Å². The molecular weight excluding hydrogens is 282 g/mol. The summed E-state index contributed by atoms with van der Waals surface area (Å²) in [4.78, 5) is 16.1. The van der Waals surface area contributed by atoms with Gasteiger partial charge in [-0.25, -0.2) is 4.98 Å². The van der Waals surface area contributed by atoms with Gasteiger partial charge >= 0.3 is 0 Å². The minimum Gasteiger partial charge on any atom is -0.481 e. The number of nitrogens with zero attached hydrogens (tertiary/aromatic N) is 4. The molecule has 0 bridgehead atoms. The number of anilines is 1. The first-order valence-electron chi connectivity index (χ1n) is 6.47. The maximum absolute atomic E-state index is 12.1. The van der Waals surface area contributed by atoms with Crippen molar-refractivity contribution in [1.29, 1.82) is 5.26 Å². The molecule has 1 N–H and O–H groups in total. The van der Waals surface area contributed by atoms with Gasteiger partial charge in [0, 0.05) is 24.9 Å². The number of methoxy groups -OCH3 is 1. The monoisotopic (exact) mass is 297 g/mol. The first-order valence-corrected chi connectivity index (χ1v) is 6.47. The summed E-state index contributed by atoms with van der Waals surface area (Å²) in [5.41, 5.74) is 1.94. The second-order valence-electron chi connectivity index (χ2n) is 4.56. The molecule has 0 fully saturated rings. The van der Waals surface area contributed by atoms with Gasteiger partial charge in [0.15, 0.2) is 0 Å². The van der Waals surface area contributed by atoms with Gasteiger partial charge in [-0.2, -0.15) is 10.4 Å². The van der Waals surface area contributed by atoms with Gasteiger partial charge in [0.05, 0.1) is 24.7 Å². The van der Waals surface area contributed by atoms with Crippen LogP contribution in [0.3, 0.4) is 0 Å². The van der Waals surface area contributed by atoms with E-state index in [1.165, 1.54) is 19.4 Å². The first-order chi connectivity index (χ1) is 10.5. The molecule has 7 heteroatoms. The quantitative estimate of drug-likeness (QED) is 0.684. The van der Waals surface area contributed by atoms with Crippen molar-refractivity contribution in [2.45, 2.75) is 6.92 Å². The number of pyridine rings is 1. The van der Waals surface area contributed by atoms with E-state index in [0.29, 0.717) is 11.6 Å². The second kappa shape index (κ2) is 6.54. The largest absolute Gasteiger partial charge is 0.481 e. The Morgan fingerprint density at radius 3 is 2.77 bits per heavy atom. The second-order valence-corrected chi connectivity index (χ2v) is 4.56. The van der Waals surface area contributed by atoms with E-state index in [1.54, 1.807) is 30.1 Å². The molecule has 2 aromatic rings. The fraction of sp³-hybridized carbons (Fsp3) is 0.200. The van der Waals surface area contributed by atoms with Crippen LogP contribution in [0.15, 0.2) is 30.1 Å². The van der Waals surface area contributed by atoms with Gasteiger partial charge in [0.1, 0.15) is 11.6 Å². The highest BCUT2D eigenvalue weighted by molar-refractivity contribution is 6.09. The normalized spacial score (nSPS) is 10.9. The van der Waals surface area contributed by atoms with E-state index in [9.17, 15) is 10.1 Å². The number of nitriles is 1. The van der Waals surface area contributed by atoms with Crippen LogP contribution in [-0.2, 0) is 11.8 Å². The van der Waals surface area contributed by atoms with E-state index in [4.69, 9.17) is 4.74 Å². The van der Waals surface area contributed by atoms with Gasteiger partial charge < -0.3 is 10.1 Å². The molecule has 112 valence electrons. The molecule has 0 radical (unpaired) electrons. The predicted molar refractivity (Wildman–Crippen MR) is 81.0 cm³/mol. The zero-order valence-corrected chi connectivity index (χ0v) is 12.5. The van der Waals surface area contributed by atoms with E-state index < -0.39 is 5.91 Å². The summed E-state index contributed by atoms with van der Waals surface area (Å²) in [5, 5.41) is 16.0. The Balaban J connectivity index is 2.18. The molecular formula is C15H15N5O2. The van der Waals surface area contributed by atoms with E-state index in [-0.39, 0.29) is 5.57 Å². The van der Waals surface area contributed by atoms with Crippen LogP contribution < -0.4 is 10.1 Å². The molecule has 0 aromatic carbocycles. The average Bonchev–Trinajstić information content (AvgIpc) is 2.83. The number of hydrogen-bond acceptors (Lipinski definition) is 5. The molecule has 0 aliphatic heterocycles. The van der Waals surface area contributed by atoms with E-state index in [1.807, 2.05) is 13.0 Å². The number of carbonyl (C=O) groups is 1. The number of carbonyl (C=O) groups excluding carboxylic acids is 1. The van der Waals surface area contributed by atoms with Crippen LogP contribution >= 0.6 is 0 Å². The lowest BCUT2D eigenvalue weighted by Crippen LogP contribution is -2.13. The third-order valence-electron chi connectivity index (χ3n) is 2.92. The molecule has 0 atom stereocenters. The molecule has 7 nitrogen and oxygen atoms in total. The highest BCUT2D eigenvalue weighted by atomic mass is 16.5. The van der Waals surface area contributed by atoms with Crippen LogP contribution in [0.25, 0.3) is 6.08 Å². The number of hydrogen-bond donors (Lipinski definition) is 1. The molecule has 2 aromatic heterocycles. The highest BCUT2D eigenvalue weighted by Crippen LogP contribution is 2.14. The molecule has 2 rings (SSSR count). The Morgan fingerprint density at radius 1 is 1.50 bits per heavy atom. The van der Waals surface area contributed by atoms with Crippen molar-refractivity contribution in [2.24, 2.45) is 7.05 Å². The van der Waals surface area contributed by atoms with Gasteiger partial charge in [-0.3, -0.25) is 9.48 Å². The topological polar surface area (TPSA) is 92.8 Å². The number of nitrogens with one attached hydrogen (secondary N) is 1. The van der Waals surface area contributed by atoms with Gasteiger partial charge in [-0.1, -0.05) is 0 Å². The number of aromatic nitrogens is 3. The molecule has 0 aliphatic rings. The summed E-state index contributed by atoms with van der Waals surface area (Å²) in [6, 6.07) is 5.17. The van der Waals surface area contributed by atoms with Crippen LogP contribution in [0.2, 0.25) is 0 Å². The van der Waals surface area contributed by atoms with Crippen molar-refractivity contribution in [1.82, 2.24) is 14.8 Å².